The predicted molar refractivity (Wildman–Crippen MR) is 75.5 cm³/mol. The smallest absolute Gasteiger partial charge is 0.356 e. The van der Waals surface area contributed by atoms with E-state index in [2.05, 4.69) is 4.98 Å². The van der Waals surface area contributed by atoms with Crippen molar-refractivity contribution in [1.29, 1.82) is 0 Å². The average molecular weight is 291 g/mol. The fourth-order valence-corrected chi connectivity index (χ4v) is 2.83. The highest BCUT2D eigenvalue weighted by atomic mass is 32.1. The van der Waals surface area contributed by atoms with E-state index in [-0.39, 0.29) is 5.69 Å². The van der Waals surface area contributed by atoms with Crippen molar-refractivity contribution in [3.05, 3.63) is 41.4 Å². The summed E-state index contributed by atoms with van der Waals surface area (Å²) < 4.78 is 6.93. The third kappa shape index (κ3) is 2.05. The van der Waals surface area contributed by atoms with Crippen LogP contribution >= 0.6 is 11.3 Å². The molecule has 0 aliphatic rings. The van der Waals surface area contributed by atoms with Gasteiger partial charge in [0.15, 0.2) is 16.5 Å². The van der Waals surface area contributed by atoms with Gasteiger partial charge in [-0.3, -0.25) is 4.40 Å². The number of carboxylic acid groups (broad SMARTS) is 1. The van der Waals surface area contributed by atoms with Crippen LogP contribution in [0, 0.1) is 0 Å². The summed E-state index contributed by atoms with van der Waals surface area (Å²) in [5.41, 5.74) is 0.189. The van der Waals surface area contributed by atoms with Crippen LogP contribution in [0.25, 0.3) is 4.96 Å². The molecule has 7 heteroatoms. The summed E-state index contributed by atoms with van der Waals surface area (Å²) in [5.74, 6) is 0.270. The molecule has 3 aromatic rings. The van der Waals surface area contributed by atoms with Gasteiger partial charge in [-0.2, -0.15) is 0 Å². The highest BCUT2D eigenvalue weighted by Crippen LogP contribution is 2.26. The molecule has 0 spiro atoms. The monoisotopic (exact) mass is 291 g/mol. The van der Waals surface area contributed by atoms with Crippen LogP contribution in [0.15, 0.2) is 34.4 Å². The zero-order valence-electron chi connectivity index (χ0n) is 10.8. The van der Waals surface area contributed by atoms with Crippen molar-refractivity contribution in [2.45, 2.75) is 13.5 Å². The van der Waals surface area contributed by atoms with Crippen LogP contribution in [0.3, 0.4) is 0 Å². The van der Waals surface area contributed by atoms with Crippen molar-refractivity contribution < 1.29 is 14.3 Å². The number of thiazole rings is 1. The maximum Gasteiger partial charge on any atom is 0.356 e. The number of nitrogens with zero attached hydrogens (tertiary/aromatic N) is 3. The molecule has 104 valence electrons. The summed E-state index contributed by atoms with van der Waals surface area (Å²) in [5, 5.41) is 11.3. The number of aromatic carboxylic acids is 1. The molecule has 0 atom stereocenters. The first-order chi connectivity index (χ1) is 9.70. The zero-order chi connectivity index (χ0) is 14.1. The van der Waals surface area contributed by atoms with Crippen LogP contribution in [0.5, 0.6) is 0 Å². The van der Waals surface area contributed by atoms with Crippen LogP contribution in [0.2, 0.25) is 0 Å². The molecule has 3 aromatic heterocycles. The van der Waals surface area contributed by atoms with Crippen molar-refractivity contribution in [2.24, 2.45) is 0 Å². The number of anilines is 1. The number of fused-ring (bicyclic) bond motifs is 1. The number of hydrogen-bond acceptors (Lipinski definition) is 5. The van der Waals surface area contributed by atoms with Crippen LogP contribution in [-0.4, -0.2) is 27.0 Å². The van der Waals surface area contributed by atoms with Gasteiger partial charge in [0.2, 0.25) is 0 Å². The van der Waals surface area contributed by atoms with Crippen molar-refractivity contribution in [1.82, 2.24) is 9.38 Å². The van der Waals surface area contributed by atoms with Gasteiger partial charge in [-0.25, -0.2) is 9.78 Å². The van der Waals surface area contributed by atoms with E-state index in [1.165, 1.54) is 11.3 Å². The first kappa shape index (κ1) is 12.7. The van der Waals surface area contributed by atoms with Crippen LogP contribution in [0.1, 0.15) is 23.2 Å². The second-order valence-electron chi connectivity index (χ2n) is 4.24. The minimum Gasteiger partial charge on any atom is -0.476 e. The molecule has 0 aliphatic heterocycles. The van der Waals surface area contributed by atoms with Gasteiger partial charge in [-0.1, -0.05) is 0 Å². The standard InChI is InChI=1S/C13H13N3O3S/c1-2-15(8-9-4-3-6-19-9)11-10(12(17)18)16-5-7-20-13(16)14-11/h3-7H,2,8H2,1H3,(H,17,18). The number of carboxylic acids is 1. The zero-order valence-corrected chi connectivity index (χ0v) is 11.6. The van der Waals surface area contributed by atoms with Crippen LogP contribution in [0.4, 0.5) is 5.82 Å². The minimum absolute atomic E-state index is 0.189. The second-order valence-corrected chi connectivity index (χ2v) is 5.11. The van der Waals surface area contributed by atoms with Crippen LogP contribution in [-0.2, 0) is 6.54 Å². The van der Waals surface area contributed by atoms with E-state index in [0.717, 1.165) is 5.76 Å². The third-order valence-electron chi connectivity index (χ3n) is 3.05. The number of aromatic nitrogens is 2. The van der Waals surface area contributed by atoms with E-state index in [4.69, 9.17) is 4.42 Å². The summed E-state index contributed by atoms with van der Waals surface area (Å²) in [7, 11) is 0. The van der Waals surface area contributed by atoms with E-state index in [0.29, 0.717) is 23.9 Å². The number of rotatable bonds is 5. The molecule has 0 unspecified atom stereocenters. The van der Waals surface area contributed by atoms with Gasteiger partial charge in [-0.05, 0) is 19.1 Å². The number of carbonyl (C=O) groups is 1. The Morgan fingerprint density at radius 1 is 1.60 bits per heavy atom. The van der Waals surface area contributed by atoms with Crippen molar-refractivity contribution in [3.63, 3.8) is 0 Å². The lowest BCUT2D eigenvalue weighted by molar-refractivity contribution is 0.0690. The highest BCUT2D eigenvalue weighted by molar-refractivity contribution is 7.15. The topological polar surface area (TPSA) is 71.0 Å². The fourth-order valence-electron chi connectivity index (χ4n) is 2.12. The normalized spacial score (nSPS) is 11.1. The van der Waals surface area contributed by atoms with E-state index >= 15 is 0 Å². The first-order valence-corrected chi connectivity index (χ1v) is 7.05. The lowest BCUT2D eigenvalue weighted by Gasteiger charge is -2.19. The Morgan fingerprint density at radius 2 is 2.45 bits per heavy atom. The summed E-state index contributed by atoms with van der Waals surface area (Å²) in [4.78, 5) is 18.5. The van der Waals surface area contributed by atoms with Crippen molar-refractivity contribution in [3.8, 4) is 0 Å². The third-order valence-corrected chi connectivity index (χ3v) is 3.81. The van der Waals surface area contributed by atoms with E-state index in [1.807, 2.05) is 29.3 Å². The van der Waals surface area contributed by atoms with Crippen molar-refractivity contribution >= 4 is 28.1 Å². The minimum atomic E-state index is -0.983. The molecule has 3 rings (SSSR count). The molecule has 0 amide bonds. The van der Waals surface area contributed by atoms with Gasteiger partial charge < -0.3 is 14.4 Å². The predicted octanol–water partition coefficient (Wildman–Crippen LogP) is 2.71. The van der Waals surface area contributed by atoms with Gasteiger partial charge >= 0.3 is 5.97 Å². The summed E-state index contributed by atoms with van der Waals surface area (Å²) in [6.07, 6.45) is 3.33. The molecule has 0 saturated carbocycles. The molecule has 1 N–H and O–H groups in total. The summed E-state index contributed by atoms with van der Waals surface area (Å²) in [6, 6.07) is 3.68. The second kappa shape index (κ2) is 5.01. The largest absolute Gasteiger partial charge is 0.476 e. The first-order valence-electron chi connectivity index (χ1n) is 6.17. The van der Waals surface area contributed by atoms with E-state index in [9.17, 15) is 9.90 Å². The van der Waals surface area contributed by atoms with Gasteiger partial charge in [0, 0.05) is 18.1 Å². The molecular weight excluding hydrogens is 278 g/mol. The molecule has 20 heavy (non-hydrogen) atoms. The van der Waals surface area contributed by atoms with Crippen LogP contribution < -0.4 is 4.90 Å². The Kier molecular flexibility index (Phi) is 3.19. The molecule has 6 nitrogen and oxygen atoms in total. The van der Waals surface area contributed by atoms with Crippen molar-refractivity contribution in [2.75, 3.05) is 11.4 Å². The number of imidazole rings is 1. The lowest BCUT2D eigenvalue weighted by atomic mass is 10.3. The quantitative estimate of drug-likeness (QED) is 0.782. The Balaban J connectivity index is 2.04. The van der Waals surface area contributed by atoms with Gasteiger partial charge in [0.25, 0.3) is 0 Å². The van der Waals surface area contributed by atoms with E-state index in [1.54, 1.807) is 16.9 Å². The molecule has 0 aliphatic carbocycles. The Bertz CT molecular complexity index is 729. The van der Waals surface area contributed by atoms with Gasteiger partial charge in [-0.15, -0.1) is 11.3 Å². The fraction of sp³-hybridized carbons (Fsp3) is 0.231. The molecule has 0 radical (unpaired) electrons. The Hall–Kier alpha value is -2.28. The average Bonchev–Trinajstić information content (AvgIpc) is 3.11. The lowest BCUT2D eigenvalue weighted by Crippen LogP contribution is -2.24. The molecular formula is C13H13N3O3S. The van der Waals surface area contributed by atoms with E-state index < -0.39 is 5.97 Å². The summed E-state index contributed by atoms with van der Waals surface area (Å²) in [6.45, 7) is 3.10. The van der Waals surface area contributed by atoms with Gasteiger partial charge in [0.1, 0.15) is 5.76 Å². The maximum atomic E-state index is 11.5. The number of hydrogen-bond donors (Lipinski definition) is 1. The number of furan rings is 1. The molecule has 0 saturated heterocycles. The van der Waals surface area contributed by atoms with Gasteiger partial charge in [0.05, 0.1) is 12.8 Å². The summed E-state index contributed by atoms with van der Waals surface area (Å²) >= 11 is 1.41. The molecule has 0 bridgehead atoms. The Labute approximate surface area is 118 Å². The maximum absolute atomic E-state index is 11.5. The highest BCUT2D eigenvalue weighted by Gasteiger charge is 2.23. The Morgan fingerprint density at radius 3 is 3.10 bits per heavy atom. The molecule has 3 heterocycles. The molecule has 0 fully saturated rings. The SMILES string of the molecule is CCN(Cc1ccco1)c1nc2sccn2c1C(=O)O. The molecule has 0 aromatic carbocycles.